The van der Waals surface area contributed by atoms with Gasteiger partial charge in [0, 0.05) is 0 Å². The van der Waals surface area contributed by atoms with Gasteiger partial charge >= 0.3 is 118 Å². The summed E-state index contributed by atoms with van der Waals surface area (Å²) in [6.45, 7) is 24.7. The Morgan fingerprint density at radius 3 is 1.33 bits per heavy atom. The van der Waals surface area contributed by atoms with Gasteiger partial charge in [-0.2, -0.15) is 0 Å². The Labute approximate surface area is 118 Å². The van der Waals surface area contributed by atoms with Crippen molar-refractivity contribution in [2.75, 3.05) is 7.11 Å². The molecule has 6 nitrogen and oxygen atoms in total. The van der Waals surface area contributed by atoms with Crippen molar-refractivity contribution in [2.45, 2.75) is 26.2 Å². The van der Waals surface area contributed by atoms with Gasteiger partial charge in [-0.05, 0) is 0 Å². The molecule has 0 aliphatic carbocycles. The SMILES string of the molecule is CCCC[C](=[Mo])OC.[C-]#[O+].[C-]#[O+].[C-]#[O+].[C-]#[O+].[C-]#[O+]. The summed E-state index contributed by atoms with van der Waals surface area (Å²) in [6, 6.07) is 0. The van der Waals surface area contributed by atoms with Crippen molar-refractivity contribution < 1.29 is 47.4 Å². The van der Waals surface area contributed by atoms with E-state index in [9.17, 15) is 0 Å². The maximum absolute atomic E-state index is 7.50. The van der Waals surface area contributed by atoms with E-state index < -0.39 is 0 Å². The summed E-state index contributed by atoms with van der Waals surface area (Å²) in [5.74, 6) is 0. The molecule has 0 rings (SSSR count). The van der Waals surface area contributed by atoms with Gasteiger partial charge in [-0.15, -0.1) is 0 Å². The minimum absolute atomic E-state index is 1.12. The second-order valence-electron chi connectivity index (χ2n) is 1.68. The molecular formula is C11H12MoO6. The molecule has 0 aliphatic rings. The van der Waals surface area contributed by atoms with Gasteiger partial charge in [0.2, 0.25) is 0 Å². The standard InChI is InChI=1S/C6H12O.5CO.Mo/c1-3-4-5-6-7-2;5*1-2;/h3-5H2,1-2H3;;;;;;. The molecule has 98 valence electrons. The topological polar surface area (TPSA) is 109 Å². The molecule has 0 bridgehead atoms. The number of hydrogen-bond donors (Lipinski definition) is 0. The van der Waals surface area contributed by atoms with Gasteiger partial charge in [0.15, 0.2) is 0 Å². The van der Waals surface area contributed by atoms with E-state index in [2.05, 4.69) is 40.2 Å². The van der Waals surface area contributed by atoms with Crippen LogP contribution in [0.25, 0.3) is 0 Å². The molecule has 0 aliphatic heterocycles. The molecule has 7 heteroatoms. The van der Waals surface area contributed by atoms with Crippen LogP contribution >= 0.6 is 0 Å². The van der Waals surface area contributed by atoms with Crippen molar-refractivity contribution in [1.82, 2.24) is 0 Å². The van der Waals surface area contributed by atoms with E-state index in [1.165, 1.54) is 12.8 Å². The van der Waals surface area contributed by atoms with Crippen LogP contribution < -0.4 is 0 Å². The first-order valence-corrected chi connectivity index (χ1v) is 4.90. The molecule has 0 aromatic rings. The zero-order chi connectivity index (χ0) is 16.4. The Morgan fingerprint density at radius 1 is 0.889 bits per heavy atom. The summed E-state index contributed by atoms with van der Waals surface area (Å²) in [6.07, 6.45) is 3.63. The molecule has 0 saturated carbocycles. The van der Waals surface area contributed by atoms with Crippen molar-refractivity contribution >= 4 is 4.08 Å². The first kappa shape index (κ1) is 36.0. The first-order chi connectivity index (χ1) is 8.81. The second-order valence-corrected chi connectivity index (χ2v) is 2.80. The van der Waals surface area contributed by atoms with Gasteiger partial charge < -0.3 is 0 Å². The van der Waals surface area contributed by atoms with Gasteiger partial charge in [-0.3, -0.25) is 0 Å². The van der Waals surface area contributed by atoms with Gasteiger partial charge in [-0.25, -0.2) is 0 Å². The Bertz CT molecular complexity index is 191. The number of rotatable bonds is 4. The fourth-order valence-electron chi connectivity index (χ4n) is 0.423. The van der Waals surface area contributed by atoms with Crippen LogP contribution in [0.3, 0.4) is 0 Å². The number of ether oxygens (including phenoxy) is 1. The summed E-state index contributed by atoms with van der Waals surface area (Å²) in [5, 5.41) is 0. The predicted octanol–water partition coefficient (Wildman–Crippen LogP) is 1.31. The van der Waals surface area contributed by atoms with Crippen LogP contribution in [0.1, 0.15) is 26.2 Å². The van der Waals surface area contributed by atoms with Crippen LogP contribution in [0.15, 0.2) is 0 Å². The van der Waals surface area contributed by atoms with Crippen LogP contribution in [0, 0.1) is 33.3 Å². The van der Waals surface area contributed by atoms with Crippen LogP contribution in [0.5, 0.6) is 0 Å². The molecule has 0 N–H and O–H groups in total. The van der Waals surface area contributed by atoms with E-state index in [0.29, 0.717) is 0 Å². The Morgan fingerprint density at radius 2 is 1.17 bits per heavy atom. The quantitative estimate of drug-likeness (QED) is 0.430. The minimum atomic E-state index is 1.12. The van der Waals surface area contributed by atoms with E-state index in [-0.39, 0.29) is 0 Å². The number of unbranched alkanes of at least 4 members (excludes halogenated alkanes) is 1. The maximum atomic E-state index is 7.50. The molecule has 0 heterocycles. The van der Waals surface area contributed by atoms with E-state index in [0.717, 1.165) is 10.5 Å². The molecule has 0 unspecified atom stereocenters. The van der Waals surface area contributed by atoms with E-state index in [1.54, 1.807) is 7.11 Å². The third kappa shape index (κ3) is 113. The normalized spacial score (nSPS) is 4.67. The number of methoxy groups -OCH3 is 1. The summed E-state index contributed by atoms with van der Waals surface area (Å²) in [4.78, 5) is 0. The summed E-state index contributed by atoms with van der Waals surface area (Å²) < 4.78 is 43.6. The van der Waals surface area contributed by atoms with Crippen molar-refractivity contribution in [2.24, 2.45) is 0 Å². The Kier molecular flexibility index (Phi) is 194. The van der Waals surface area contributed by atoms with E-state index in [4.69, 9.17) is 28.0 Å². The average Bonchev–Trinajstić information content (AvgIpc) is 2.54. The average molecular weight is 336 g/mol. The molecule has 0 saturated heterocycles. The third-order valence-corrected chi connectivity index (χ3v) is 1.87. The Balaban J connectivity index is -0.0000000304. The second kappa shape index (κ2) is 97.1. The summed E-state index contributed by atoms with van der Waals surface area (Å²) >= 11 is 1.96. The third-order valence-electron chi connectivity index (χ3n) is 0.962. The Hall–Kier alpha value is -0.782. The molecule has 0 spiro atoms. The van der Waals surface area contributed by atoms with Crippen molar-refractivity contribution in [3.63, 3.8) is 0 Å². The molecule has 18 heavy (non-hydrogen) atoms. The van der Waals surface area contributed by atoms with E-state index >= 15 is 0 Å². The van der Waals surface area contributed by atoms with Gasteiger partial charge in [-0.1, -0.05) is 0 Å². The predicted molar refractivity (Wildman–Crippen MR) is 51.2 cm³/mol. The number of hydrogen-bond acceptors (Lipinski definition) is 1. The molecular weight excluding hydrogens is 324 g/mol. The summed E-state index contributed by atoms with van der Waals surface area (Å²) in [7, 11) is 1.73. The molecule has 0 fully saturated rings. The van der Waals surface area contributed by atoms with Crippen LogP contribution in [0.2, 0.25) is 0 Å². The monoisotopic (exact) mass is 338 g/mol. The zero-order valence-electron chi connectivity index (χ0n) is 9.98. The molecule has 0 aromatic heterocycles. The van der Waals surface area contributed by atoms with Gasteiger partial charge in [0.1, 0.15) is 0 Å². The van der Waals surface area contributed by atoms with Crippen LogP contribution in [-0.2, 0) is 47.4 Å². The van der Waals surface area contributed by atoms with Gasteiger partial charge in [0.25, 0.3) is 0 Å². The fourth-order valence-corrected chi connectivity index (χ4v) is 0.778. The van der Waals surface area contributed by atoms with Gasteiger partial charge in [0.05, 0.1) is 0 Å². The van der Waals surface area contributed by atoms with E-state index in [1.807, 2.05) is 19.4 Å². The van der Waals surface area contributed by atoms with Crippen LogP contribution in [-0.4, -0.2) is 11.2 Å². The first-order valence-electron chi connectivity index (χ1n) is 3.90. The van der Waals surface area contributed by atoms with Crippen molar-refractivity contribution in [3.05, 3.63) is 33.3 Å². The molecule has 0 aromatic carbocycles. The fraction of sp³-hybridized carbons (Fsp3) is 0.455. The zero-order valence-corrected chi connectivity index (χ0v) is 12.0. The molecule has 0 atom stereocenters. The molecule has 0 amide bonds. The van der Waals surface area contributed by atoms with Crippen LogP contribution in [0.4, 0.5) is 0 Å². The van der Waals surface area contributed by atoms with Crippen molar-refractivity contribution in [1.29, 1.82) is 0 Å². The molecule has 0 radical (unpaired) electrons. The van der Waals surface area contributed by atoms with Crippen molar-refractivity contribution in [3.8, 4) is 0 Å². The summed E-state index contributed by atoms with van der Waals surface area (Å²) in [5.41, 5.74) is 0.